The molecule has 8 nitrogen and oxygen atoms in total. The van der Waals surface area contributed by atoms with Gasteiger partial charge in [0.2, 0.25) is 0 Å². The number of urea groups is 1. The van der Waals surface area contributed by atoms with E-state index in [0.29, 0.717) is 29.5 Å². The third-order valence-corrected chi connectivity index (χ3v) is 4.00. The van der Waals surface area contributed by atoms with E-state index in [1.54, 1.807) is 24.3 Å². The third kappa shape index (κ3) is 8.22. The molecule has 2 aromatic carbocycles. The fourth-order valence-corrected chi connectivity index (χ4v) is 2.58. The Hall–Kier alpha value is -3.55. The molecule has 1 atom stereocenters. The highest BCUT2D eigenvalue weighted by Gasteiger charge is 2.20. The maximum Gasteiger partial charge on any atom is 0.312 e. The van der Waals surface area contributed by atoms with Gasteiger partial charge < -0.3 is 25.8 Å². The zero-order valence-electron chi connectivity index (χ0n) is 17.1. The summed E-state index contributed by atoms with van der Waals surface area (Å²) in [7, 11) is 0. The van der Waals surface area contributed by atoms with Crippen molar-refractivity contribution in [3.8, 4) is 11.5 Å². The van der Waals surface area contributed by atoms with Crippen LogP contribution in [0.4, 0.5) is 4.79 Å². The van der Waals surface area contributed by atoms with Crippen molar-refractivity contribution < 1.29 is 23.9 Å². The molecule has 0 saturated heterocycles. The van der Waals surface area contributed by atoms with Crippen LogP contribution in [0, 0.1) is 5.92 Å². The quantitative estimate of drug-likeness (QED) is 0.517. The number of nitrogens with one attached hydrogen (secondary N) is 2. The topological polar surface area (TPSA) is 120 Å². The fourth-order valence-electron chi connectivity index (χ4n) is 2.58. The predicted molar refractivity (Wildman–Crippen MR) is 112 cm³/mol. The molecule has 0 unspecified atom stereocenters. The second-order valence-electron chi connectivity index (χ2n) is 7.11. The van der Waals surface area contributed by atoms with Crippen LogP contribution >= 0.6 is 0 Å². The van der Waals surface area contributed by atoms with Gasteiger partial charge >= 0.3 is 12.0 Å². The Labute approximate surface area is 175 Å². The minimum atomic E-state index is -0.781. The SMILES string of the molecule is CC(C)CNC(=O)COC(=O)C[C@H](NC(N)=O)c1cccc(Oc2ccccc2)c1. The van der Waals surface area contributed by atoms with Crippen LogP contribution in [0.3, 0.4) is 0 Å². The lowest BCUT2D eigenvalue weighted by molar-refractivity contribution is -0.149. The monoisotopic (exact) mass is 413 g/mol. The van der Waals surface area contributed by atoms with E-state index in [-0.39, 0.29) is 18.9 Å². The number of benzene rings is 2. The fraction of sp³-hybridized carbons (Fsp3) is 0.318. The second-order valence-corrected chi connectivity index (χ2v) is 7.11. The van der Waals surface area contributed by atoms with Crippen LogP contribution < -0.4 is 21.1 Å². The largest absolute Gasteiger partial charge is 0.457 e. The first kappa shape index (κ1) is 22.7. The summed E-state index contributed by atoms with van der Waals surface area (Å²) in [5, 5.41) is 5.19. The summed E-state index contributed by atoms with van der Waals surface area (Å²) in [6.07, 6.45) is -0.185. The Bertz CT molecular complexity index is 855. The first-order valence-corrected chi connectivity index (χ1v) is 9.64. The van der Waals surface area contributed by atoms with Crippen molar-refractivity contribution in [1.82, 2.24) is 10.6 Å². The van der Waals surface area contributed by atoms with E-state index in [1.807, 2.05) is 44.2 Å². The highest BCUT2D eigenvalue weighted by atomic mass is 16.5. The smallest absolute Gasteiger partial charge is 0.312 e. The van der Waals surface area contributed by atoms with E-state index >= 15 is 0 Å². The van der Waals surface area contributed by atoms with Crippen LogP contribution in [-0.2, 0) is 14.3 Å². The van der Waals surface area contributed by atoms with E-state index in [2.05, 4.69) is 10.6 Å². The number of nitrogens with two attached hydrogens (primary N) is 1. The van der Waals surface area contributed by atoms with E-state index in [1.165, 1.54) is 0 Å². The van der Waals surface area contributed by atoms with Gasteiger partial charge in [0.1, 0.15) is 11.5 Å². The number of hydrogen-bond donors (Lipinski definition) is 3. The molecular formula is C22H27N3O5. The zero-order valence-corrected chi connectivity index (χ0v) is 17.1. The van der Waals surface area contributed by atoms with Crippen molar-refractivity contribution in [3.63, 3.8) is 0 Å². The van der Waals surface area contributed by atoms with Crippen LogP contribution in [0.2, 0.25) is 0 Å². The van der Waals surface area contributed by atoms with Crippen LogP contribution in [0.15, 0.2) is 54.6 Å². The molecule has 0 bridgehead atoms. The molecule has 0 fully saturated rings. The van der Waals surface area contributed by atoms with Gasteiger partial charge in [0, 0.05) is 6.54 Å². The van der Waals surface area contributed by atoms with Crippen molar-refractivity contribution >= 4 is 17.9 Å². The summed E-state index contributed by atoms with van der Waals surface area (Å²) in [5.41, 5.74) is 5.87. The summed E-state index contributed by atoms with van der Waals surface area (Å²) in [5.74, 6) is 0.467. The number of carbonyl (C=O) groups excluding carboxylic acids is 3. The lowest BCUT2D eigenvalue weighted by atomic mass is 10.0. The van der Waals surface area contributed by atoms with E-state index in [0.717, 1.165) is 0 Å². The lowest BCUT2D eigenvalue weighted by Gasteiger charge is -2.18. The highest BCUT2D eigenvalue weighted by Crippen LogP contribution is 2.26. The number of primary amides is 1. The molecular weight excluding hydrogens is 386 g/mol. The average Bonchev–Trinajstić information content (AvgIpc) is 2.71. The zero-order chi connectivity index (χ0) is 21.9. The second kappa shape index (κ2) is 11.5. The number of esters is 1. The van der Waals surface area contributed by atoms with Crippen LogP contribution in [0.5, 0.6) is 11.5 Å². The summed E-state index contributed by atoms with van der Waals surface area (Å²) < 4.78 is 10.8. The summed E-state index contributed by atoms with van der Waals surface area (Å²) in [6.45, 7) is 4.03. The number of hydrogen-bond acceptors (Lipinski definition) is 5. The van der Waals surface area contributed by atoms with Gasteiger partial charge in [-0.25, -0.2) is 4.79 Å². The average molecular weight is 413 g/mol. The number of ether oxygens (including phenoxy) is 2. The molecule has 0 aliphatic heterocycles. The summed E-state index contributed by atoms with van der Waals surface area (Å²) in [4.78, 5) is 35.3. The first-order valence-electron chi connectivity index (χ1n) is 9.64. The first-order chi connectivity index (χ1) is 14.3. The predicted octanol–water partition coefficient (Wildman–Crippen LogP) is 2.89. The molecule has 0 aliphatic carbocycles. The van der Waals surface area contributed by atoms with Gasteiger partial charge in [-0.2, -0.15) is 0 Å². The highest BCUT2D eigenvalue weighted by molar-refractivity contribution is 5.81. The van der Waals surface area contributed by atoms with Crippen molar-refractivity contribution in [1.29, 1.82) is 0 Å². The van der Waals surface area contributed by atoms with Crippen molar-refractivity contribution in [2.45, 2.75) is 26.3 Å². The Morgan fingerprint density at radius 3 is 2.37 bits per heavy atom. The molecule has 0 saturated carbocycles. The van der Waals surface area contributed by atoms with E-state index < -0.39 is 18.0 Å². The molecule has 3 amide bonds. The molecule has 0 spiro atoms. The Kier molecular flexibility index (Phi) is 8.68. The van der Waals surface area contributed by atoms with Crippen LogP contribution in [-0.4, -0.2) is 31.1 Å². The van der Waals surface area contributed by atoms with Gasteiger partial charge in [0.25, 0.3) is 5.91 Å². The van der Waals surface area contributed by atoms with Gasteiger partial charge in [-0.1, -0.05) is 44.2 Å². The molecule has 2 aromatic rings. The minimum Gasteiger partial charge on any atom is -0.457 e. The van der Waals surface area contributed by atoms with E-state index in [9.17, 15) is 14.4 Å². The van der Waals surface area contributed by atoms with E-state index in [4.69, 9.17) is 15.2 Å². The van der Waals surface area contributed by atoms with Gasteiger partial charge in [-0.3, -0.25) is 9.59 Å². The van der Waals surface area contributed by atoms with Crippen molar-refractivity contribution in [2.24, 2.45) is 11.7 Å². The molecule has 2 rings (SSSR count). The molecule has 0 aromatic heterocycles. The van der Waals surface area contributed by atoms with Crippen LogP contribution in [0.25, 0.3) is 0 Å². The Morgan fingerprint density at radius 2 is 1.70 bits per heavy atom. The molecule has 4 N–H and O–H groups in total. The molecule has 160 valence electrons. The maximum absolute atomic E-state index is 12.2. The molecule has 0 radical (unpaired) electrons. The van der Waals surface area contributed by atoms with Gasteiger partial charge in [-0.15, -0.1) is 0 Å². The maximum atomic E-state index is 12.2. The van der Waals surface area contributed by atoms with Crippen molar-refractivity contribution in [3.05, 3.63) is 60.2 Å². The lowest BCUT2D eigenvalue weighted by Crippen LogP contribution is -2.35. The number of para-hydroxylation sites is 1. The van der Waals surface area contributed by atoms with Gasteiger partial charge in [0.05, 0.1) is 12.5 Å². The normalized spacial score (nSPS) is 11.4. The molecule has 8 heteroatoms. The third-order valence-electron chi connectivity index (χ3n) is 4.00. The molecule has 0 aliphatic rings. The molecule has 0 heterocycles. The summed E-state index contributed by atoms with van der Waals surface area (Å²) in [6, 6.07) is 14.6. The van der Waals surface area contributed by atoms with Crippen molar-refractivity contribution in [2.75, 3.05) is 13.2 Å². The Morgan fingerprint density at radius 1 is 1.00 bits per heavy atom. The standard InChI is InChI=1S/C22H27N3O5/c1-15(2)13-24-20(26)14-29-21(27)12-19(25-22(23)28)16-7-6-10-18(11-16)30-17-8-4-3-5-9-17/h3-11,15,19H,12-14H2,1-2H3,(H,24,26)(H3,23,25,28)/t19-/m0/s1. The number of amides is 3. The number of carbonyl (C=O) groups is 3. The Balaban J connectivity index is 2.01. The molecule has 30 heavy (non-hydrogen) atoms. The minimum absolute atomic E-state index is 0.185. The summed E-state index contributed by atoms with van der Waals surface area (Å²) >= 11 is 0. The number of rotatable bonds is 10. The van der Waals surface area contributed by atoms with Gasteiger partial charge in [0.15, 0.2) is 6.61 Å². The van der Waals surface area contributed by atoms with Gasteiger partial charge in [-0.05, 0) is 35.7 Å². The van der Waals surface area contributed by atoms with Crippen LogP contribution in [0.1, 0.15) is 31.9 Å².